The zero-order valence-electron chi connectivity index (χ0n) is 6.59. The van der Waals surface area contributed by atoms with Crippen LogP contribution in [0, 0.1) is 17.1 Å². The zero-order valence-corrected chi connectivity index (χ0v) is 7.35. The molecule has 1 rings (SSSR count). The molecule has 0 spiro atoms. The highest BCUT2D eigenvalue weighted by Crippen LogP contribution is 2.23. The van der Waals surface area contributed by atoms with Gasteiger partial charge in [-0.25, -0.2) is 4.39 Å². The van der Waals surface area contributed by atoms with Crippen LogP contribution in [0.3, 0.4) is 0 Å². The summed E-state index contributed by atoms with van der Waals surface area (Å²) < 4.78 is 13.1. The first-order chi connectivity index (χ1) is 6.16. The third-order valence-corrected chi connectivity index (χ3v) is 1.79. The lowest BCUT2D eigenvalue weighted by molar-refractivity contribution is 0.624. The van der Waals surface area contributed by atoms with Gasteiger partial charge in [-0.15, -0.1) is 0 Å². The van der Waals surface area contributed by atoms with Gasteiger partial charge in [0, 0.05) is 6.08 Å². The van der Waals surface area contributed by atoms with Gasteiger partial charge in [0.05, 0.1) is 22.4 Å². The Morgan fingerprint density at radius 3 is 2.85 bits per heavy atom. The minimum atomic E-state index is -0.531. The van der Waals surface area contributed by atoms with E-state index in [2.05, 4.69) is 0 Å². The monoisotopic (exact) mass is 196 g/mol. The molecule has 66 valence electrons. The quantitative estimate of drug-likeness (QED) is 0.701. The normalized spacial score (nSPS) is 11.0. The molecule has 2 N–H and O–H groups in total. The Morgan fingerprint density at radius 1 is 1.62 bits per heavy atom. The highest BCUT2D eigenvalue weighted by molar-refractivity contribution is 6.32. The van der Waals surface area contributed by atoms with Crippen LogP contribution >= 0.6 is 11.6 Å². The third-order valence-electron chi connectivity index (χ3n) is 1.47. The molecule has 0 amide bonds. The predicted molar refractivity (Wildman–Crippen MR) is 49.2 cm³/mol. The van der Waals surface area contributed by atoms with Gasteiger partial charge >= 0.3 is 0 Å². The van der Waals surface area contributed by atoms with Crippen LogP contribution < -0.4 is 5.73 Å². The fourth-order valence-corrected chi connectivity index (χ4v) is 1.19. The number of nitrogens with two attached hydrogens (primary N) is 1. The van der Waals surface area contributed by atoms with Crippen molar-refractivity contribution in [3.8, 4) is 6.07 Å². The Balaban J connectivity index is 3.30. The SMILES string of the molecule is N#C/C=C(/N)c1c(F)cccc1Cl. The van der Waals surface area contributed by atoms with Crippen molar-refractivity contribution >= 4 is 17.3 Å². The van der Waals surface area contributed by atoms with Crippen LogP contribution in [-0.4, -0.2) is 0 Å². The van der Waals surface area contributed by atoms with Gasteiger partial charge in [0.25, 0.3) is 0 Å². The van der Waals surface area contributed by atoms with E-state index in [0.717, 1.165) is 6.08 Å². The number of nitrogens with zero attached hydrogens (tertiary/aromatic N) is 1. The Morgan fingerprint density at radius 2 is 2.31 bits per heavy atom. The maximum Gasteiger partial charge on any atom is 0.134 e. The molecule has 13 heavy (non-hydrogen) atoms. The smallest absolute Gasteiger partial charge is 0.134 e. The van der Waals surface area contributed by atoms with Crippen LogP contribution in [0.5, 0.6) is 0 Å². The summed E-state index contributed by atoms with van der Waals surface area (Å²) in [6.07, 6.45) is 1.05. The van der Waals surface area contributed by atoms with Crippen LogP contribution in [0.4, 0.5) is 4.39 Å². The standard InChI is InChI=1S/C9H6ClFN2/c10-6-2-1-3-7(11)9(6)8(13)4-5-12/h1-4H,13H2/b8-4+. The Bertz CT molecular complexity index is 373. The molecular formula is C9H6ClFN2. The second kappa shape index (κ2) is 3.92. The van der Waals surface area contributed by atoms with E-state index in [0.29, 0.717) is 0 Å². The number of halogens is 2. The van der Waals surface area contributed by atoms with Gasteiger partial charge in [-0.2, -0.15) is 5.26 Å². The minimum absolute atomic E-state index is 0.0330. The molecule has 0 heterocycles. The number of nitriles is 1. The summed E-state index contributed by atoms with van der Waals surface area (Å²) in [7, 11) is 0. The second-order valence-electron chi connectivity index (χ2n) is 2.33. The molecule has 2 nitrogen and oxygen atoms in total. The molecule has 0 unspecified atom stereocenters. The predicted octanol–water partition coefficient (Wildman–Crippen LogP) is 2.30. The average Bonchev–Trinajstić information content (AvgIpc) is 2.04. The number of rotatable bonds is 1. The first-order valence-electron chi connectivity index (χ1n) is 3.46. The van der Waals surface area contributed by atoms with Crippen molar-refractivity contribution in [3.63, 3.8) is 0 Å². The molecule has 0 fully saturated rings. The molecule has 0 atom stereocenters. The van der Waals surface area contributed by atoms with Crippen LogP contribution in [0.1, 0.15) is 5.56 Å². The van der Waals surface area contributed by atoms with Gasteiger partial charge in [-0.05, 0) is 12.1 Å². The Kier molecular flexibility index (Phi) is 2.88. The Labute approximate surface area is 80.0 Å². The van der Waals surface area contributed by atoms with E-state index in [1.807, 2.05) is 0 Å². The van der Waals surface area contributed by atoms with Crippen molar-refractivity contribution < 1.29 is 4.39 Å². The largest absolute Gasteiger partial charge is 0.398 e. The molecule has 0 saturated heterocycles. The number of hydrogen-bond acceptors (Lipinski definition) is 2. The van der Waals surface area contributed by atoms with E-state index in [1.165, 1.54) is 18.2 Å². The second-order valence-corrected chi connectivity index (χ2v) is 2.73. The summed E-state index contributed by atoms with van der Waals surface area (Å²) in [6.45, 7) is 0. The molecule has 0 saturated carbocycles. The van der Waals surface area contributed by atoms with Crippen molar-refractivity contribution in [2.24, 2.45) is 5.73 Å². The Hall–Kier alpha value is -1.53. The van der Waals surface area contributed by atoms with Crippen molar-refractivity contribution in [1.82, 2.24) is 0 Å². The summed E-state index contributed by atoms with van der Waals surface area (Å²) in [6, 6.07) is 5.93. The van der Waals surface area contributed by atoms with Gasteiger partial charge in [0.15, 0.2) is 0 Å². The molecule has 0 aromatic heterocycles. The molecule has 0 radical (unpaired) electrons. The molecule has 0 aliphatic rings. The van der Waals surface area contributed by atoms with Crippen LogP contribution in [0.2, 0.25) is 5.02 Å². The van der Waals surface area contributed by atoms with E-state index in [4.69, 9.17) is 22.6 Å². The van der Waals surface area contributed by atoms with E-state index in [9.17, 15) is 4.39 Å². The lowest BCUT2D eigenvalue weighted by atomic mass is 10.1. The molecular weight excluding hydrogens is 191 g/mol. The summed E-state index contributed by atoms with van der Waals surface area (Å²) >= 11 is 5.69. The van der Waals surface area contributed by atoms with Crippen LogP contribution in [0.25, 0.3) is 5.70 Å². The van der Waals surface area contributed by atoms with Gasteiger partial charge < -0.3 is 5.73 Å². The van der Waals surface area contributed by atoms with Gasteiger partial charge in [-0.3, -0.25) is 0 Å². The van der Waals surface area contributed by atoms with E-state index in [-0.39, 0.29) is 16.3 Å². The lowest BCUT2D eigenvalue weighted by Crippen LogP contribution is -1.99. The first kappa shape index (κ1) is 9.56. The molecule has 1 aromatic rings. The molecule has 0 bridgehead atoms. The van der Waals surface area contributed by atoms with Gasteiger partial charge in [0.1, 0.15) is 5.82 Å². The van der Waals surface area contributed by atoms with E-state index in [1.54, 1.807) is 6.07 Å². The summed E-state index contributed by atoms with van der Waals surface area (Å²) in [5.41, 5.74) is 5.53. The average molecular weight is 197 g/mol. The number of benzene rings is 1. The van der Waals surface area contributed by atoms with Crippen molar-refractivity contribution in [3.05, 3.63) is 40.7 Å². The van der Waals surface area contributed by atoms with Crippen molar-refractivity contribution in [2.75, 3.05) is 0 Å². The molecule has 0 aliphatic heterocycles. The topological polar surface area (TPSA) is 49.8 Å². The van der Waals surface area contributed by atoms with Crippen LogP contribution in [-0.2, 0) is 0 Å². The molecule has 1 aromatic carbocycles. The minimum Gasteiger partial charge on any atom is -0.398 e. The molecule has 0 aliphatic carbocycles. The first-order valence-corrected chi connectivity index (χ1v) is 3.84. The fourth-order valence-electron chi connectivity index (χ4n) is 0.915. The zero-order chi connectivity index (χ0) is 9.84. The van der Waals surface area contributed by atoms with Crippen molar-refractivity contribution in [1.29, 1.82) is 5.26 Å². The van der Waals surface area contributed by atoms with E-state index < -0.39 is 5.82 Å². The fraction of sp³-hybridized carbons (Fsp3) is 0. The molecule has 4 heteroatoms. The summed E-state index contributed by atoms with van der Waals surface area (Å²) in [4.78, 5) is 0. The number of hydrogen-bond donors (Lipinski definition) is 1. The van der Waals surface area contributed by atoms with Crippen molar-refractivity contribution in [2.45, 2.75) is 0 Å². The summed E-state index contributed by atoms with van der Waals surface area (Å²) in [5.74, 6) is -0.531. The highest BCUT2D eigenvalue weighted by atomic mass is 35.5. The van der Waals surface area contributed by atoms with E-state index >= 15 is 0 Å². The lowest BCUT2D eigenvalue weighted by Gasteiger charge is -2.03. The van der Waals surface area contributed by atoms with Gasteiger partial charge in [0.2, 0.25) is 0 Å². The maximum atomic E-state index is 13.1. The van der Waals surface area contributed by atoms with Crippen LogP contribution in [0.15, 0.2) is 24.3 Å². The maximum absolute atomic E-state index is 13.1. The van der Waals surface area contributed by atoms with Gasteiger partial charge in [-0.1, -0.05) is 17.7 Å². The summed E-state index contributed by atoms with van der Waals surface area (Å²) in [5, 5.41) is 8.51. The highest BCUT2D eigenvalue weighted by Gasteiger charge is 2.08. The third kappa shape index (κ3) is 1.98. The number of allylic oxidation sites excluding steroid dienone is 1.